The topological polar surface area (TPSA) is 74.2 Å². The molecule has 2 rings (SSSR count). The summed E-state index contributed by atoms with van der Waals surface area (Å²) >= 11 is 3.35. The van der Waals surface area contributed by atoms with Gasteiger partial charge in [0, 0.05) is 16.8 Å². The van der Waals surface area contributed by atoms with Crippen molar-refractivity contribution in [1.29, 1.82) is 0 Å². The Morgan fingerprint density at radius 1 is 1.48 bits per heavy atom. The molecule has 7 heteroatoms. The minimum Gasteiger partial charge on any atom is -0.394 e. The van der Waals surface area contributed by atoms with Crippen LogP contribution in [0.1, 0.15) is 16.8 Å². The number of aromatic nitrogens is 1. The Hall–Kier alpha value is -1.44. The van der Waals surface area contributed by atoms with E-state index in [0.29, 0.717) is 6.54 Å². The molecule has 1 atom stereocenters. The minimum absolute atomic E-state index is 0.0608. The van der Waals surface area contributed by atoms with Crippen molar-refractivity contribution in [1.82, 2.24) is 15.6 Å². The lowest BCUT2D eigenvalue weighted by molar-refractivity contribution is 0.220. The zero-order valence-corrected chi connectivity index (χ0v) is 13.7. The summed E-state index contributed by atoms with van der Waals surface area (Å²) in [5.74, 6) is 0. The van der Waals surface area contributed by atoms with Gasteiger partial charge in [0.05, 0.1) is 28.2 Å². The fourth-order valence-electron chi connectivity index (χ4n) is 1.75. The number of aliphatic hydroxyl groups is 1. The van der Waals surface area contributed by atoms with Crippen LogP contribution in [-0.2, 0) is 6.42 Å². The molecule has 0 spiro atoms. The Bertz CT molecular complexity index is 595. The number of rotatable bonds is 6. The lowest BCUT2D eigenvalue weighted by Gasteiger charge is -2.11. The van der Waals surface area contributed by atoms with Crippen molar-refractivity contribution >= 4 is 28.7 Å². The summed E-state index contributed by atoms with van der Waals surface area (Å²) in [7, 11) is 0. The van der Waals surface area contributed by atoms with Crippen molar-refractivity contribution in [2.45, 2.75) is 26.3 Å². The molecule has 21 heavy (non-hydrogen) atoms. The zero-order valence-electron chi connectivity index (χ0n) is 12.0. The van der Waals surface area contributed by atoms with Crippen molar-refractivity contribution < 1.29 is 9.90 Å². The number of carbonyl (C=O) groups excluding carboxylic acids is 1. The molecule has 0 aliphatic heterocycles. The van der Waals surface area contributed by atoms with E-state index in [1.807, 2.05) is 6.92 Å². The van der Waals surface area contributed by atoms with Gasteiger partial charge in [-0.15, -0.1) is 22.7 Å². The van der Waals surface area contributed by atoms with Gasteiger partial charge in [0.1, 0.15) is 0 Å². The normalized spacial score (nSPS) is 12.1. The number of amides is 2. The molecule has 0 aromatic carbocycles. The van der Waals surface area contributed by atoms with Gasteiger partial charge >= 0.3 is 6.03 Å². The van der Waals surface area contributed by atoms with E-state index < -0.39 is 0 Å². The van der Waals surface area contributed by atoms with E-state index in [1.165, 1.54) is 4.88 Å². The Balaban J connectivity index is 1.79. The molecule has 2 aromatic heterocycles. The molecule has 2 amide bonds. The number of aryl methyl sites for hydroxylation is 1. The monoisotopic (exact) mass is 325 g/mol. The van der Waals surface area contributed by atoms with E-state index in [2.05, 4.69) is 33.1 Å². The average Bonchev–Trinajstić information content (AvgIpc) is 3.07. The van der Waals surface area contributed by atoms with Crippen LogP contribution in [-0.4, -0.2) is 35.3 Å². The van der Waals surface area contributed by atoms with Crippen molar-refractivity contribution in [2.75, 3.05) is 13.2 Å². The maximum absolute atomic E-state index is 11.5. The molecule has 2 aromatic rings. The summed E-state index contributed by atoms with van der Waals surface area (Å²) in [4.78, 5) is 18.3. The quantitative estimate of drug-likeness (QED) is 0.763. The molecule has 2 heterocycles. The first-order valence-corrected chi connectivity index (χ1v) is 8.44. The molecule has 1 unspecified atom stereocenters. The summed E-state index contributed by atoms with van der Waals surface area (Å²) in [6.07, 6.45) is 0.786. The Kier molecular flexibility index (Phi) is 5.72. The van der Waals surface area contributed by atoms with E-state index >= 15 is 0 Å². The summed E-state index contributed by atoms with van der Waals surface area (Å²) in [6, 6.07) is 3.67. The van der Waals surface area contributed by atoms with Crippen LogP contribution in [0, 0.1) is 6.92 Å². The smallest absolute Gasteiger partial charge is 0.315 e. The van der Waals surface area contributed by atoms with Crippen molar-refractivity contribution in [3.05, 3.63) is 27.4 Å². The molecule has 5 nitrogen and oxygen atoms in total. The summed E-state index contributed by atoms with van der Waals surface area (Å²) in [5.41, 5.74) is 1.02. The van der Waals surface area contributed by atoms with E-state index in [0.717, 1.165) is 22.0 Å². The van der Waals surface area contributed by atoms with Crippen LogP contribution >= 0.6 is 22.7 Å². The molecule has 3 N–H and O–H groups in total. The highest BCUT2D eigenvalue weighted by Gasteiger charge is 2.07. The molecule has 0 aliphatic carbocycles. The van der Waals surface area contributed by atoms with Gasteiger partial charge in [0.2, 0.25) is 0 Å². The molecular weight excluding hydrogens is 306 g/mol. The highest BCUT2D eigenvalue weighted by Crippen LogP contribution is 2.29. The van der Waals surface area contributed by atoms with Gasteiger partial charge in [0.15, 0.2) is 0 Å². The lowest BCUT2D eigenvalue weighted by Crippen LogP contribution is -2.42. The largest absolute Gasteiger partial charge is 0.394 e. The predicted molar refractivity (Wildman–Crippen MR) is 87.0 cm³/mol. The van der Waals surface area contributed by atoms with Crippen LogP contribution < -0.4 is 10.6 Å². The zero-order chi connectivity index (χ0) is 15.2. The number of nitrogens with zero attached hydrogens (tertiary/aromatic N) is 1. The minimum atomic E-state index is -0.247. The first kappa shape index (κ1) is 15.9. The third-order valence-corrected chi connectivity index (χ3v) is 4.78. The third kappa shape index (κ3) is 4.80. The van der Waals surface area contributed by atoms with Crippen molar-refractivity contribution in [2.24, 2.45) is 0 Å². The number of urea groups is 1. The second-order valence-electron chi connectivity index (χ2n) is 4.75. The lowest BCUT2D eigenvalue weighted by atomic mass is 10.3. The van der Waals surface area contributed by atoms with Gasteiger partial charge in [-0.2, -0.15) is 0 Å². The van der Waals surface area contributed by atoms with Gasteiger partial charge in [-0.25, -0.2) is 9.78 Å². The molecule has 0 aliphatic rings. The van der Waals surface area contributed by atoms with Crippen LogP contribution in [0.5, 0.6) is 0 Å². The Morgan fingerprint density at radius 3 is 2.95 bits per heavy atom. The van der Waals surface area contributed by atoms with Gasteiger partial charge in [0.25, 0.3) is 0 Å². The standard InChI is InChI=1S/C14H19N3O2S2/c1-9(7-18)16-14(19)15-6-5-11-3-4-13(21-11)12-8-20-10(2)17-12/h3-4,8-9,18H,5-7H2,1-2H3,(H2,15,16,19). The third-order valence-electron chi connectivity index (χ3n) is 2.84. The van der Waals surface area contributed by atoms with Gasteiger partial charge in [-0.1, -0.05) is 0 Å². The van der Waals surface area contributed by atoms with Crippen LogP contribution in [0.4, 0.5) is 4.79 Å². The van der Waals surface area contributed by atoms with E-state index in [1.54, 1.807) is 29.6 Å². The molecular formula is C14H19N3O2S2. The second kappa shape index (κ2) is 7.53. The fourth-order valence-corrected chi connectivity index (χ4v) is 3.40. The molecule has 114 valence electrons. The Morgan fingerprint density at radius 2 is 2.29 bits per heavy atom. The van der Waals surface area contributed by atoms with Crippen LogP contribution in [0.2, 0.25) is 0 Å². The number of thiophene rings is 1. The second-order valence-corrected chi connectivity index (χ2v) is 6.98. The van der Waals surface area contributed by atoms with Crippen LogP contribution in [0.15, 0.2) is 17.5 Å². The molecule has 0 fully saturated rings. The fraction of sp³-hybridized carbons (Fsp3) is 0.429. The van der Waals surface area contributed by atoms with E-state index in [-0.39, 0.29) is 18.7 Å². The highest BCUT2D eigenvalue weighted by atomic mass is 32.1. The van der Waals surface area contributed by atoms with Crippen LogP contribution in [0.3, 0.4) is 0 Å². The van der Waals surface area contributed by atoms with Crippen LogP contribution in [0.25, 0.3) is 10.6 Å². The SMILES string of the molecule is Cc1nc(-c2ccc(CCNC(=O)NC(C)CO)s2)cs1. The van der Waals surface area contributed by atoms with E-state index in [9.17, 15) is 4.79 Å². The van der Waals surface area contributed by atoms with Crippen molar-refractivity contribution in [3.8, 4) is 10.6 Å². The molecule has 0 saturated carbocycles. The highest BCUT2D eigenvalue weighted by molar-refractivity contribution is 7.16. The van der Waals surface area contributed by atoms with Crippen molar-refractivity contribution in [3.63, 3.8) is 0 Å². The van der Waals surface area contributed by atoms with Gasteiger partial charge in [-0.3, -0.25) is 0 Å². The summed E-state index contributed by atoms with van der Waals surface area (Å²) in [6.45, 7) is 4.26. The number of hydrogen-bond acceptors (Lipinski definition) is 5. The maximum Gasteiger partial charge on any atom is 0.315 e. The first-order valence-electron chi connectivity index (χ1n) is 6.75. The van der Waals surface area contributed by atoms with E-state index in [4.69, 9.17) is 5.11 Å². The number of nitrogens with one attached hydrogen (secondary N) is 2. The van der Waals surface area contributed by atoms with Gasteiger partial charge < -0.3 is 15.7 Å². The number of thiazole rings is 1. The summed E-state index contributed by atoms with van der Waals surface area (Å²) < 4.78 is 0. The maximum atomic E-state index is 11.5. The Labute approximate surface area is 132 Å². The average molecular weight is 325 g/mol. The number of carbonyl (C=O) groups is 1. The predicted octanol–water partition coefficient (Wildman–Crippen LogP) is 2.40. The van der Waals surface area contributed by atoms with Gasteiger partial charge in [-0.05, 0) is 32.4 Å². The molecule has 0 radical (unpaired) electrons. The molecule has 0 saturated heterocycles. The number of hydrogen-bond donors (Lipinski definition) is 3. The first-order chi connectivity index (χ1) is 10.1. The summed E-state index contributed by atoms with van der Waals surface area (Å²) in [5, 5.41) is 17.4. The number of aliphatic hydroxyl groups excluding tert-OH is 1. The molecule has 0 bridgehead atoms.